The lowest BCUT2D eigenvalue weighted by atomic mass is 9.87. The van der Waals surface area contributed by atoms with Crippen molar-refractivity contribution in [1.29, 1.82) is 0 Å². The molecule has 0 aliphatic heterocycles. The van der Waals surface area contributed by atoms with E-state index in [0.29, 0.717) is 11.6 Å². The van der Waals surface area contributed by atoms with Gasteiger partial charge in [-0.25, -0.2) is 0 Å². The van der Waals surface area contributed by atoms with Crippen LogP contribution in [0.1, 0.15) is 43.0 Å². The van der Waals surface area contributed by atoms with Crippen LogP contribution in [0.15, 0.2) is 18.2 Å². The number of carbonyl (C=O) groups is 1. The fraction of sp³-hybridized carbons (Fsp3) is 0.533. The van der Waals surface area contributed by atoms with E-state index in [1.807, 2.05) is 0 Å². The van der Waals surface area contributed by atoms with Gasteiger partial charge in [0.05, 0.1) is 12.8 Å². The number of primary amides is 1. The van der Waals surface area contributed by atoms with Crippen LogP contribution in [0.4, 0.5) is 5.69 Å². The topological polar surface area (TPSA) is 64.3 Å². The Kier molecular flexibility index (Phi) is 4.30. The highest BCUT2D eigenvalue weighted by Gasteiger charge is 2.19. The van der Waals surface area contributed by atoms with E-state index in [9.17, 15) is 4.79 Å². The third-order valence-corrected chi connectivity index (χ3v) is 3.86. The quantitative estimate of drug-likeness (QED) is 0.877. The molecule has 1 fully saturated rings. The molecule has 4 heteroatoms. The number of anilines is 1. The number of hydrogen-bond acceptors (Lipinski definition) is 3. The maximum atomic E-state index is 11.2. The Morgan fingerprint density at radius 2 is 2.00 bits per heavy atom. The summed E-state index contributed by atoms with van der Waals surface area (Å²) in [5.41, 5.74) is 6.68. The van der Waals surface area contributed by atoms with Gasteiger partial charge in [-0.3, -0.25) is 4.79 Å². The summed E-state index contributed by atoms with van der Waals surface area (Å²) in [6, 6.07) is 5.70. The number of rotatable bonds is 4. The third-order valence-electron chi connectivity index (χ3n) is 3.86. The number of nitrogens with two attached hydrogens (primary N) is 1. The maximum Gasteiger partial charge on any atom is 0.248 e. The molecule has 1 aromatic rings. The SMILES string of the molecule is COc1ccc(C(N)=O)cc1NC1CCC(C)CC1. The molecule has 1 saturated carbocycles. The molecule has 1 amide bonds. The van der Waals surface area contributed by atoms with Crippen LogP contribution in [0.2, 0.25) is 0 Å². The van der Waals surface area contributed by atoms with Crippen LogP contribution < -0.4 is 15.8 Å². The monoisotopic (exact) mass is 262 g/mol. The van der Waals surface area contributed by atoms with Crippen molar-refractivity contribution in [1.82, 2.24) is 0 Å². The van der Waals surface area contributed by atoms with Crippen molar-refractivity contribution in [2.45, 2.75) is 38.6 Å². The van der Waals surface area contributed by atoms with Gasteiger partial charge in [-0.05, 0) is 49.8 Å². The molecular weight excluding hydrogens is 240 g/mol. The molecule has 1 aliphatic rings. The van der Waals surface area contributed by atoms with Gasteiger partial charge in [0.25, 0.3) is 0 Å². The largest absolute Gasteiger partial charge is 0.495 e. The Morgan fingerprint density at radius 1 is 1.32 bits per heavy atom. The van der Waals surface area contributed by atoms with Crippen LogP contribution in [0.3, 0.4) is 0 Å². The highest BCUT2D eigenvalue weighted by atomic mass is 16.5. The first-order chi connectivity index (χ1) is 9.10. The second kappa shape index (κ2) is 5.95. The number of carbonyl (C=O) groups excluding carboxylic acids is 1. The first-order valence-corrected chi connectivity index (χ1v) is 6.84. The zero-order valence-corrected chi connectivity index (χ0v) is 11.6. The molecule has 0 unspecified atom stereocenters. The number of benzene rings is 1. The van der Waals surface area contributed by atoms with Crippen molar-refractivity contribution in [2.24, 2.45) is 11.7 Å². The van der Waals surface area contributed by atoms with Gasteiger partial charge in [-0.1, -0.05) is 6.92 Å². The highest BCUT2D eigenvalue weighted by molar-refractivity contribution is 5.94. The molecule has 0 heterocycles. The van der Waals surface area contributed by atoms with Crippen molar-refractivity contribution in [2.75, 3.05) is 12.4 Å². The summed E-state index contributed by atoms with van der Waals surface area (Å²) < 4.78 is 5.33. The molecule has 0 aromatic heterocycles. The normalized spacial score (nSPS) is 22.8. The summed E-state index contributed by atoms with van der Waals surface area (Å²) >= 11 is 0. The van der Waals surface area contributed by atoms with Gasteiger partial charge in [0.1, 0.15) is 5.75 Å². The second-order valence-electron chi connectivity index (χ2n) is 5.38. The molecule has 19 heavy (non-hydrogen) atoms. The molecule has 3 N–H and O–H groups in total. The van der Waals surface area contributed by atoms with E-state index >= 15 is 0 Å². The molecule has 0 bridgehead atoms. The van der Waals surface area contributed by atoms with Crippen LogP contribution in [-0.2, 0) is 0 Å². The van der Waals surface area contributed by atoms with Crippen molar-refractivity contribution >= 4 is 11.6 Å². The molecule has 2 rings (SSSR count). The highest BCUT2D eigenvalue weighted by Crippen LogP contribution is 2.30. The van der Waals surface area contributed by atoms with E-state index in [2.05, 4.69) is 12.2 Å². The summed E-state index contributed by atoms with van der Waals surface area (Å²) in [4.78, 5) is 11.2. The van der Waals surface area contributed by atoms with E-state index in [4.69, 9.17) is 10.5 Å². The molecule has 1 aliphatic carbocycles. The molecule has 1 aromatic carbocycles. The second-order valence-corrected chi connectivity index (χ2v) is 5.38. The van der Waals surface area contributed by atoms with E-state index in [1.165, 1.54) is 12.8 Å². The van der Waals surface area contributed by atoms with Gasteiger partial charge in [0, 0.05) is 11.6 Å². The van der Waals surface area contributed by atoms with Gasteiger partial charge in [0.15, 0.2) is 0 Å². The summed E-state index contributed by atoms with van der Waals surface area (Å²) in [6.07, 6.45) is 4.81. The molecule has 0 spiro atoms. The van der Waals surface area contributed by atoms with Crippen LogP contribution in [0, 0.1) is 5.92 Å². The van der Waals surface area contributed by atoms with Gasteiger partial charge in [-0.2, -0.15) is 0 Å². The lowest BCUT2D eigenvalue weighted by Crippen LogP contribution is -2.25. The van der Waals surface area contributed by atoms with Crippen LogP contribution in [0.25, 0.3) is 0 Å². The summed E-state index contributed by atoms with van der Waals surface area (Å²) in [7, 11) is 1.63. The number of hydrogen-bond donors (Lipinski definition) is 2. The number of amides is 1. The maximum absolute atomic E-state index is 11.2. The number of nitrogens with one attached hydrogen (secondary N) is 1. The summed E-state index contributed by atoms with van der Waals surface area (Å²) in [5, 5.41) is 3.48. The Labute approximate surface area is 114 Å². The molecule has 104 valence electrons. The fourth-order valence-electron chi connectivity index (χ4n) is 2.60. The fourth-order valence-corrected chi connectivity index (χ4v) is 2.60. The number of ether oxygens (including phenoxy) is 1. The minimum absolute atomic E-state index is 0.414. The molecule has 0 atom stereocenters. The molecular formula is C15H22N2O2. The average Bonchev–Trinajstić information content (AvgIpc) is 2.41. The zero-order valence-electron chi connectivity index (χ0n) is 11.6. The molecule has 4 nitrogen and oxygen atoms in total. The van der Waals surface area contributed by atoms with Gasteiger partial charge in [0.2, 0.25) is 5.91 Å². The lowest BCUT2D eigenvalue weighted by molar-refractivity contribution is 0.100. The first-order valence-electron chi connectivity index (χ1n) is 6.84. The Bertz CT molecular complexity index is 451. The number of methoxy groups -OCH3 is 1. The van der Waals surface area contributed by atoms with Gasteiger partial charge >= 0.3 is 0 Å². The van der Waals surface area contributed by atoms with Crippen molar-refractivity contribution in [3.05, 3.63) is 23.8 Å². The minimum Gasteiger partial charge on any atom is -0.495 e. The molecule has 0 saturated heterocycles. The van der Waals surface area contributed by atoms with Crippen molar-refractivity contribution in [3.63, 3.8) is 0 Å². The average molecular weight is 262 g/mol. The van der Waals surface area contributed by atoms with Gasteiger partial charge in [-0.15, -0.1) is 0 Å². The standard InChI is InChI=1S/C15H22N2O2/c1-10-3-6-12(7-4-10)17-13-9-11(15(16)18)5-8-14(13)19-2/h5,8-10,12,17H,3-4,6-7H2,1-2H3,(H2,16,18). The Balaban J connectivity index is 2.13. The predicted octanol–water partition coefficient (Wildman–Crippen LogP) is 2.78. The molecule has 0 radical (unpaired) electrons. The van der Waals surface area contributed by atoms with Crippen molar-refractivity contribution in [3.8, 4) is 5.75 Å². The van der Waals surface area contributed by atoms with E-state index < -0.39 is 5.91 Å². The Hall–Kier alpha value is -1.71. The van der Waals surface area contributed by atoms with Crippen molar-refractivity contribution < 1.29 is 9.53 Å². The van der Waals surface area contributed by atoms with E-state index in [0.717, 1.165) is 30.2 Å². The van der Waals surface area contributed by atoms with E-state index in [1.54, 1.807) is 25.3 Å². The minimum atomic E-state index is -0.414. The van der Waals surface area contributed by atoms with Crippen LogP contribution in [-0.4, -0.2) is 19.1 Å². The predicted molar refractivity (Wildman–Crippen MR) is 76.6 cm³/mol. The van der Waals surface area contributed by atoms with Crippen LogP contribution >= 0.6 is 0 Å². The third kappa shape index (κ3) is 3.40. The summed E-state index contributed by atoms with van der Waals surface area (Å²) in [5.74, 6) is 1.16. The smallest absolute Gasteiger partial charge is 0.248 e. The van der Waals surface area contributed by atoms with Gasteiger partial charge < -0.3 is 15.8 Å². The summed E-state index contributed by atoms with van der Waals surface area (Å²) in [6.45, 7) is 2.30. The van der Waals surface area contributed by atoms with E-state index in [-0.39, 0.29) is 0 Å². The first kappa shape index (κ1) is 13.7. The van der Waals surface area contributed by atoms with Crippen LogP contribution in [0.5, 0.6) is 5.75 Å². The zero-order chi connectivity index (χ0) is 13.8. The Morgan fingerprint density at radius 3 is 2.58 bits per heavy atom. The lowest BCUT2D eigenvalue weighted by Gasteiger charge is -2.28.